The average molecular weight is 155 g/mol. The Morgan fingerprint density at radius 2 is 2.00 bits per heavy atom. The Hall–Kier alpha value is -0.820. The second kappa shape index (κ2) is 2.65. The number of hydrogen-bond donors (Lipinski definition) is 3. The molecule has 0 spiro atoms. The second-order valence-electron chi connectivity index (χ2n) is 1.21. The number of rotatable bonds is 2. The van der Waals surface area contributed by atoms with Crippen molar-refractivity contribution in [1.82, 2.24) is 5.32 Å². The number of carboxylic acid groups (broad SMARTS) is 1. The minimum absolute atomic E-state index is 0.970. The van der Waals surface area contributed by atoms with Gasteiger partial charge in [-0.3, -0.25) is 4.55 Å². The third-order valence-electron chi connectivity index (χ3n) is 0.406. The van der Waals surface area contributed by atoms with Crippen LogP contribution in [0.15, 0.2) is 0 Å². The van der Waals surface area contributed by atoms with Crippen LogP contribution in [0.3, 0.4) is 0 Å². The zero-order valence-corrected chi connectivity index (χ0v) is 5.05. The monoisotopic (exact) mass is 155 g/mol. The zero-order valence-electron chi connectivity index (χ0n) is 4.23. The average Bonchev–Trinajstić information content (AvgIpc) is 1.59. The third kappa shape index (κ3) is 7.18. The molecule has 0 fully saturated rings. The molecular formula is C2H5NO5S. The van der Waals surface area contributed by atoms with Crippen molar-refractivity contribution in [3.63, 3.8) is 0 Å². The third-order valence-corrected chi connectivity index (χ3v) is 0.915. The van der Waals surface area contributed by atoms with E-state index < -0.39 is 22.1 Å². The lowest BCUT2D eigenvalue weighted by molar-refractivity contribution is 0.196. The van der Waals surface area contributed by atoms with Crippen molar-refractivity contribution in [3.8, 4) is 0 Å². The van der Waals surface area contributed by atoms with Crippen LogP contribution in [0, 0.1) is 0 Å². The Bertz CT molecular complexity index is 193. The summed E-state index contributed by atoms with van der Waals surface area (Å²) >= 11 is 0. The van der Waals surface area contributed by atoms with Crippen molar-refractivity contribution in [3.05, 3.63) is 0 Å². The Morgan fingerprint density at radius 1 is 1.56 bits per heavy atom. The number of carbonyl (C=O) groups is 1. The summed E-state index contributed by atoms with van der Waals surface area (Å²) in [4.78, 5) is 9.56. The molecule has 0 aromatic carbocycles. The van der Waals surface area contributed by atoms with E-state index in [4.69, 9.17) is 9.66 Å². The van der Waals surface area contributed by atoms with Gasteiger partial charge in [-0.25, -0.2) is 4.79 Å². The maximum Gasteiger partial charge on any atom is 0.405 e. The molecule has 7 heteroatoms. The van der Waals surface area contributed by atoms with Crippen molar-refractivity contribution in [1.29, 1.82) is 0 Å². The summed E-state index contributed by atoms with van der Waals surface area (Å²) in [6.07, 6.45) is -1.49. The standard InChI is InChI=1S/C2H5NO5S/c4-2(5)3-1-9(6,7)8/h3H,1H2,(H,4,5)(H,6,7,8). The maximum atomic E-state index is 9.77. The van der Waals surface area contributed by atoms with Gasteiger partial charge in [-0.05, 0) is 0 Å². The van der Waals surface area contributed by atoms with E-state index in [-0.39, 0.29) is 0 Å². The Kier molecular flexibility index (Phi) is 2.41. The maximum absolute atomic E-state index is 9.77. The van der Waals surface area contributed by atoms with Crippen molar-refractivity contribution in [2.24, 2.45) is 0 Å². The molecule has 3 N–H and O–H groups in total. The van der Waals surface area contributed by atoms with Crippen LogP contribution in [0.5, 0.6) is 0 Å². The fourth-order valence-electron chi connectivity index (χ4n) is 0.153. The van der Waals surface area contributed by atoms with Gasteiger partial charge in [0, 0.05) is 0 Å². The quantitative estimate of drug-likeness (QED) is 0.448. The van der Waals surface area contributed by atoms with Gasteiger partial charge < -0.3 is 10.4 Å². The highest BCUT2D eigenvalue weighted by Crippen LogP contribution is 1.74. The van der Waals surface area contributed by atoms with Gasteiger partial charge in [0.15, 0.2) is 0 Å². The second-order valence-corrected chi connectivity index (χ2v) is 2.66. The lowest BCUT2D eigenvalue weighted by Gasteiger charge is -1.93. The molecule has 0 atom stereocenters. The minimum atomic E-state index is -4.21. The predicted octanol–water partition coefficient (Wildman–Crippen LogP) is -0.901. The highest BCUT2D eigenvalue weighted by molar-refractivity contribution is 7.85. The first-order chi connectivity index (χ1) is 3.92. The number of nitrogens with one attached hydrogen (secondary N) is 1. The van der Waals surface area contributed by atoms with Gasteiger partial charge in [0.1, 0.15) is 5.88 Å². The van der Waals surface area contributed by atoms with Crippen molar-refractivity contribution in [2.45, 2.75) is 0 Å². The van der Waals surface area contributed by atoms with E-state index in [2.05, 4.69) is 0 Å². The van der Waals surface area contributed by atoms with E-state index in [0.29, 0.717) is 0 Å². The molecular weight excluding hydrogens is 150 g/mol. The topological polar surface area (TPSA) is 104 Å². The molecule has 0 aromatic rings. The summed E-state index contributed by atoms with van der Waals surface area (Å²) in [6, 6.07) is 0. The molecule has 0 saturated heterocycles. The van der Waals surface area contributed by atoms with Crippen molar-refractivity contribution < 1.29 is 22.9 Å². The molecule has 0 bridgehead atoms. The van der Waals surface area contributed by atoms with Crippen LogP contribution in [0.4, 0.5) is 4.79 Å². The Morgan fingerprint density at radius 3 is 2.11 bits per heavy atom. The first-order valence-corrected chi connectivity index (χ1v) is 3.45. The fraction of sp³-hybridized carbons (Fsp3) is 0.500. The molecule has 6 nitrogen and oxygen atoms in total. The van der Waals surface area contributed by atoms with Crippen LogP contribution in [0.2, 0.25) is 0 Å². The van der Waals surface area contributed by atoms with Crippen molar-refractivity contribution in [2.75, 3.05) is 5.88 Å². The van der Waals surface area contributed by atoms with E-state index in [1.54, 1.807) is 0 Å². The smallest absolute Gasteiger partial charge is 0.405 e. The van der Waals surface area contributed by atoms with Crippen LogP contribution in [0.25, 0.3) is 0 Å². The SMILES string of the molecule is O=C(O)NCS(=O)(=O)O. The lowest BCUT2D eigenvalue weighted by atomic mass is 11.1. The summed E-state index contributed by atoms with van der Waals surface area (Å²) in [5.41, 5.74) is 0. The molecule has 1 amide bonds. The van der Waals surface area contributed by atoms with E-state index in [0.717, 1.165) is 0 Å². The Balaban J connectivity index is 3.67. The van der Waals surface area contributed by atoms with Gasteiger partial charge in [0.2, 0.25) is 0 Å². The highest BCUT2D eigenvalue weighted by atomic mass is 32.2. The van der Waals surface area contributed by atoms with Crippen LogP contribution < -0.4 is 5.32 Å². The molecule has 0 saturated carbocycles. The summed E-state index contributed by atoms with van der Waals surface area (Å²) in [5.74, 6) is -0.970. The molecule has 9 heavy (non-hydrogen) atoms. The molecule has 54 valence electrons. The molecule has 0 unspecified atom stereocenters. The minimum Gasteiger partial charge on any atom is -0.465 e. The predicted molar refractivity (Wildman–Crippen MR) is 27.6 cm³/mol. The highest BCUT2D eigenvalue weighted by Gasteiger charge is 2.04. The van der Waals surface area contributed by atoms with Gasteiger partial charge >= 0.3 is 6.09 Å². The van der Waals surface area contributed by atoms with Crippen LogP contribution in [-0.4, -0.2) is 30.0 Å². The summed E-state index contributed by atoms with van der Waals surface area (Å²) in [7, 11) is -4.21. The van der Waals surface area contributed by atoms with Gasteiger partial charge in [0.05, 0.1) is 0 Å². The summed E-state index contributed by atoms with van der Waals surface area (Å²) in [5, 5.41) is 9.25. The molecule has 0 radical (unpaired) electrons. The molecule has 0 aliphatic rings. The first-order valence-electron chi connectivity index (χ1n) is 1.84. The zero-order chi connectivity index (χ0) is 7.49. The Labute approximate surface area is 51.2 Å². The number of hydrogen-bond acceptors (Lipinski definition) is 3. The largest absolute Gasteiger partial charge is 0.465 e. The summed E-state index contributed by atoms with van der Waals surface area (Å²) < 4.78 is 27.4. The van der Waals surface area contributed by atoms with Gasteiger partial charge in [-0.15, -0.1) is 0 Å². The first kappa shape index (κ1) is 8.18. The normalized spacial score (nSPS) is 10.8. The number of amides is 1. The van der Waals surface area contributed by atoms with Crippen LogP contribution >= 0.6 is 0 Å². The van der Waals surface area contributed by atoms with E-state index in [1.165, 1.54) is 5.32 Å². The van der Waals surface area contributed by atoms with E-state index >= 15 is 0 Å². The molecule has 0 aliphatic carbocycles. The van der Waals surface area contributed by atoms with Crippen LogP contribution in [0.1, 0.15) is 0 Å². The lowest BCUT2D eigenvalue weighted by Crippen LogP contribution is -2.27. The molecule has 0 rings (SSSR count). The fourth-order valence-corrected chi connectivity index (χ4v) is 0.459. The van der Waals surface area contributed by atoms with Gasteiger partial charge in [-0.2, -0.15) is 8.42 Å². The van der Waals surface area contributed by atoms with E-state index in [1.807, 2.05) is 0 Å². The summed E-state index contributed by atoms with van der Waals surface area (Å²) in [6.45, 7) is 0. The molecule has 0 aliphatic heterocycles. The van der Waals surface area contributed by atoms with Crippen molar-refractivity contribution >= 4 is 16.2 Å². The van der Waals surface area contributed by atoms with Gasteiger partial charge in [-0.1, -0.05) is 0 Å². The van der Waals surface area contributed by atoms with Crippen LogP contribution in [-0.2, 0) is 10.1 Å². The van der Waals surface area contributed by atoms with Gasteiger partial charge in [0.25, 0.3) is 10.1 Å². The van der Waals surface area contributed by atoms with E-state index in [9.17, 15) is 13.2 Å². The molecule has 0 aromatic heterocycles. The molecule has 0 heterocycles.